The smallest absolute Gasteiger partial charge is 0.451 e. The van der Waals surface area contributed by atoms with Crippen molar-refractivity contribution < 1.29 is 23.1 Å². The van der Waals surface area contributed by atoms with Crippen LogP contribution in [0.4, 0.5) is 19.0 Å². The van der Waals surface area contributed by atoms with Crippen molar-refractivity contribution in [1.82, 2.24) is 4.98 Å². The summed E-state index contributed by atoms with van der Waals surface area (Å²) in [6.45, 7) is 5.45. The molecule has 176 valence electrons. The Labute approximate surface area is 186 Å². The maximum atomic E-state index is 12.7. The van der Waals surface area contributed by atoms with Gasteiger partial charge in [-0.25, -0.2) is 15.0 Å². The van der Waals surface area contributed by atoms with Gasteiger partial charge in [-0.1, -0.05) is 30.9 Å². The van der Waals surface area contributed by atoms with Crippen LogP contribution < -0.4 is 5.32 Å². The number of amidine groups is 1. The van der Waals surface area contributed by atoms with Crippen molar-refractivity contribution in [1.29, 1.82) is 0 Å². The summed E-state index contributed by atoms with van der Waals surface area (Å²) in [6.07, 6.45) is 3.54. The lowest BCUT2D eigenvalue weighted by Crippen LogP contribution is -2.20. The maximum Gasteiger partial charge on any atom is 0.451 e. The van der Waals surface area contributed by atoms with Gasteiger partial charge >= 0.3 is 12.1 Å². The van der Waals surface area contributed by atoms with E-state index in [4.69, 9.17) is 5.11 Å². The third-order valence-corrected chi connectivity index (χ3v) is 5.55. The number of hydrogen-bond donors (Lipinski definition) is 2. The fourth-order valence-corrected chi connectivity index (χ4v) is 3.73. The molecule has 0 bridgehead atoms. The van der Waals surface area contributed by atoms with Gasteiger partial charge in [0.15, 0.2) is 0 Å². The van der Waals surface area contributed by atoms with Gasteiger partial charge in [-0.05, 0) is 63.3 Å². The zero-order valence-electron chi connectivity index (χ0n) is 18.4. The Hall–Kier alpha value is -2.71. The molecule has 1 aromatic heterocycles. The van der Waals surface area contributed by atoms with E-state index in [0.29, 0.717) is 12.0 Å². The minimum absolute atomic E-state index is 0.146. The van der Waals surface area contributed by atoms with Crippen LogP contribution in [0.5, 0.6) is 0 Å². The number of carboxylic acid groups (broad SMARTS) is 1. The van der Waals surface area contributed by atoms with Gasteiger partial charge in [0, 0.05) is 18.4 Å². The highest BCUT2D eigenvalue weighted by Gasteiger charge is 2.35. The summed E-state index contributed by atoms with van der Waals surface area (Å²) in [5.74, 6) is -1.70. The number of aromatic nitrogens is 1. The number of nitrogens with one attached hydrogen (secondary N) is 1. The number of alkyl halides is 3. The zero-order chi connectivity index (χ0) is 23.6. The van der Waals surface area contributed by atoms with Gasteiger partial charge in [0.05, 0.1) is 6.42 Å². The molecule has 0 fully saturated rings. The van der Waals surface area contributed by atoms with E-state index in [1.165, 1.54) is 5.56 Å². The van der Waals surface area contributed by atoms with Crippen molar-refractivity contribution >= 4 is 24.3 Å². The Morgan fingerprint density at radius 1 is 1.31 bits per heavy atom. The summed E-state index contributed by atoms with van der Waals surface area (Å²) in [5, 5.41) is 12.5. The van der Waals surface area contributed by atoms with Crippen LogP contribution in [-0.4, -0.2) is 41.3 Å². The molecule has 6 nitrogen and oxygen atoms in total. The number of aliphatic carboxylic acids is 1. The number of halogens is 3. The summed E-state index contributed by atoms with van der Waals surface area (Å²) >= 11 is 0. The minimum Gasteiger partial charge on any atom is -0.481 e. The van der Waals surface area contributed by atoms with Crippen molar-refractivity contribution in [3.8, 4) is 0 Å². The van der Waals surface area contributed by atoms with Crippen molar-refractivity contribution in [3.63, 3.8) is 0 Å². The minimum atomic E-state index is -4.69. The van der Waals surface area contributed by atoms with Crippen LogP contribution in [-0.2, 0) is 17.6 Å². The highest BCUT2D eigenvalue weighted by atomic mass is 19.4. The monoisotopic (exact) mass is 452 g/mol. The Morgan fingerprint density at radius 2 is 2.06 bits per heavy atom. The maximum absolute atomic E-state index is 12.7. The molecule has 0 spiro atoms. The molecule has 0 saturated carbocycles. The number of aliphatic imine (C=N–C) groups is 2. The van der Waals surface area contributed by atoms with E-state index in [1.54, 1.807) is 6.92 Å². The molecule has 1 atom stereocenters. The fourth-order valence-electron chi connectivity index (χ4n) is 3.73. The third-order valence-electron chi connectivity index (χ3n) is 5.55. The highest BCUT2D eigenvalue weighted by molar-refractivity contribution is 5.91. The molecular weight excluding hydrogens is 421 g/mol. The van der Waals surface area contributed by atoms with Crippen molar-refractivity contribution in [2.45, 2.75) is 70.9 Å². The Kier molecular flexibility index (Phi) is 9.87. The van der Waals surface area contributed by atoms with Gasteiger partial charge in [0.1, 0.15) is 5.82 Å². The molecule has 0 amide bonds. The second kappa shape index (κ2) is 12.4. The predicted octanol–water partition coefficient (Wildman–Crippen LogP) is 5.59. The van der Waals surface area contributed by atoms with E-state index in [1.807, 2.05) is 0 Å². The summed E-state index contributed by atoms with van der Waals surface area (Å²) in [5.41, 5.74) is 2.82. The van der Waals surface area contributed by atoms with Crippen LogP contribution in [0, 0.1) is 5.92 Å². The molecule has 0 radical (unpaired) electrons. The molecule has 2 rings (SSSR count). The molecule has 1 aliphatic heterocycles. The summed E-state index contributed by atoms with van der Waals surface area (Å²) in [6, 6.07) is 4.22. The number of unbranched alkanes of at least 4 members (excludes halogenated alkanes) is 3. The topological polar surface area (TPSA) is 86.9 Å². The standard InChI is InChI=1S/C23H31F3N4O2/c1-16(15-29-22(27-2)23(24,25)26)18(14-20(31)32)8-5-3-4-6-10-19-12-11-17-9-7-13-28-21(17)30-19/h11-12,15,18H,2-10,13-14H2,1H3,(H,28,30)(H,31,32)/b16-15+,29-22?. The number of rotatable bonds is 11. The van der Waals surface area contributed by atoms with Crippen LogP contribution in [0.2, 0.25) is 0 Å². The molecule has 32 heavy (non-hydrogen) atoms. The Bertz CT molecular complexity index is 850. The summed E-state index contributed by atoms with van der Waals surface area (Å²) in [4.78, 5) is 22.1. The van der Waals surface area contributed by atoms with Gasteiger partial charge in [-0.15, -0.1) is 0 Å². The first kappa shape index (κ1) is 25.5. The second-order valence-electron chi connectivity index (χ2n) is 8.07. The van der Waals surface area contributed by atoms with E-state index in [9.17, 15) is 18.0 Å². The van der Waals surface area contributed by atoms with Crippen LogP contribution in [0.1, 0.15) is 63.1 Å². The molecule has 2 N–H and O–H groups in total. The first-order chi connectivity index (χ1) is 15.2. The first-order valence-electron chi connectivity index (χ1n) is 10.9. The van der Waals surface area contributed by atoms with E-state index >= 15 is 0 Å². The van der Waals surface area contributed by atoms with Gasteiger partial charge in [-0.3, -0.25) is 4.79 Å². The highest BCUT2D eigenvalue weighted by Crippen LogP contribution is 2.25. The average molecular weight is 453 g/mol. The normalized spacial score (nSPS) is 15.6. The van der Waals surface area contributed by atoms with Crippen LogP contribution >= 0.6 is 0 Å². The number of fused-ring (bicyclic) bond motifs is 1. The van der Waals surface area contributed by atoms with Crippen LogP contribution in [0.25, 0.3) is 0 Å². The Balaban J connectivity index is 1.80. The zero-order valence-corrected chi connectivity index (χ0v) is 18.4. The van der Waals surface area contributed by atoms with Crippen LogP contribution in [0.15, 0.2) is 33.9 Å². The van der Waals surface area contributed by atoms with E-state index in [0.717, 1.165) is 69.2 Å². The molecule has 1 aromatic rings. The van der Waals surface area contributed by atoms with E-state index in [-0.39, 0.29) is 12.3 Å². The number of anilines is 1. The number of hydrogen-bond acceptors (Lipinski definition) is 4. The largest absolute Gasteiger partial charge is 0.481 e. The SMILES string of the molecule is C=NC(=N/C=C(\C)C(CCCCCCc1ccc2c(n1)NCCC2)CC(=O)O)C(F)(F)F. The number of pyridine rings is 1. The predicted molar refractivity (Wildman–Crippen MR) is 120 cm³/mol. The van der Waals surface area contributed by atoms with Crippen LogP contribution in [0.3, 0.4) is 0 Å². The molecule has 9 heteroatoms. The lowest BCUT2D eigenvalue weighted by molar-refractivity contribution is -0.137. The molecular formula is C23H31F3N4O2. The number of nitrogens with zero attached hydrogens (tertiary/aromatic N) is 3. The third kappa shape index (κ3) is 8.43. The first-order valence-corrected chi connectivity index (χ1v) is 10.9. The molecule has 1 unspecified atom stereocenters. The number of aryl methyl sites for hydroxylation is 2. The van der Waals surface area contributed by atoms with E-state index in [2.05, 4.69) is 39.1 Å². The number of allylic oxidation sites excluding steroid dienone is 1. The molecule has 0 aromatic carbocycles. The van der Waals surface area contributed by atoms with Gasteiger partial charge in [-0.2, -0.15) is 13.2 Å². The quantitative estimate of drug-likeness (QED) is 0.260. The van der Waals surface area contributed by atoms with Crippen molar-refractivity contribution in [3.05, 3.63) is 35.2 Å². The number of carbonyl (C=O) groups is 1. The molecule has 1 aliphatic rings. The van der Waals surface area contributed by atoms with Crippen molar-refractivity contribution in [2.75, 3.05) is 11.9 Å². The number of carboxylic acids is 1. The van der Waals surface area contributed by atoms with E-state index < -0.39 is 18.0 Å². The molecule has 0 aliphatic carbocycles. The van der Waals surface area contributed by atoms with Gasteiger partial charge < -0.3 is 10.4 Å². The van der Waals surface area contributed by atoms with Crippen molar-refractivity contribution in [2.24, 2.45) is 15.9 Å². The molecule has 0 saturated heterocycles. The second-order valence-corrected chi connectivity index (χ2v) is 8.07. The fraction of sp³-hybridized carbons (Fsp3) is 0.565. The van der Waals surface area contributed by atoms with Gasteiger partial charge in [0.25, 0.3) is 0 Å². The Morgan fingerprint density at radius 3 is 2.75 bits per heavy atom. The lowest BCUT2D eigenvalue weighted by atomic mass is 9.91. The average Bonchev–Trinajstić information content (AvgIpc) is 2.74. The summed E-state index contributed by atoms with van der Waals surface area (Å²) < 4.78 is 38.1. The molecule has 2 heterocycles. The van der Waals surface area contributed by atoms with Gasteiger partial charge in [0.2, 0.25) is 5.84 Å². The summed E-state index contributed by atoms with van der Waals surface area (Å²) in [7, 11) is 0. The lowest BCUT2D eigenvalue weighted by Gasteiger charge is -2.17.